The van der Waals surface area contributed by atoms with E-state index in [1.165, 1.54) is 4.52 Å². The van der Waals surface area contributed by atoms with Gasteiger partial charge in [0.2, 0.25) is 4.96 Å². The number of benzene rings is 2. The van der Waals surface area contributed by atoms with Crippen LogP contribution < -0.4 is 20.4 Å². The quantitative estimate of drug-likeness (QED) is 0.480. The lowest BCUT2D eigenvalue weighted by molar-refractivity contribution is 0.414. The zero-order valence-corrected chi connectivity index (χ0v) is 17.5. The Morgan fingerprint density at radius 2 is 1.90 bits per heavy atom. The van der Waals surface area contributed by atoms with Gasteiger partial charge >= 0.3 is 0 Å². The average molecular weight is 438 g/mol. The molecule has 2 aromatic heterocycles. The fraction of sp³-hybridized carbons (Fsp3) is 0.0909. The number of nitrogens with zero attached hydrogens (tertiary/aromatic N) is 3. The number of thiazole rings is 1. The van der Waals surface area contributed by atoms with Crippen LogP contribution in [-0.4, -0.2) is 21.7 Å². The first-order valence-electron chi connectivity index (χ1n) is 9.04. The standard InChI is InChI=1S/C22H16ClN3O3S/c1-29-18-11-5-3-7-14(18)9-6-12-19-21(28)26-22(30-19)24-20(27)17(25-26)13-15-8-2-4-10-16(15)23/h2-12H,13H2,1H3. The summed E-state index contributed by atoms with van der Waals surface area (Å²) in [4.78, 5) is 29.4. The van der Waals surface area contributed by atoms with E-state index in [9.17, 15) is 9.59 Å². The van der Waals surface area contributed by atoms with Crippen molar-refractivity contribution >= 4 is 40.1 Å². The highest BCUT2D eigenvalue weighted by atomic mass is 35.5. The first-order chi connectivity index (χ1) is 14.6. The maximum absolute atomic E-state index is 12.7. The van der Waals surface area contributed by atoms with Gasteiger partial charge < -0.3 is 4.74 Å². The van der Waals surface area contributed by atoms with E-state index in [-0.39, 0.29) is 22.6 Å². The summed E-state index contributed by atoms with van der Waals surface area (Å²) in [5.41, 5.74) is 1.02. The average Bonchev–Trinajstić information content (AvgIpc) is 3.05. The topological polar surface area (TPSA) is 73.6 Å². The molecule has 0 atom stereocenters. The second-order valence-corrected chi connectivity index (χ2v) is 7.78. The molecule has 2 aromatic carbocycles. The minimum absolute atomic E-state index is 0.173. The first kappa shape index (κ1) is 20.0. The second kappa shape index (κ2) is 8.61. The van der Waals surface area contributed by atoms with Crippen molar-refractivity contribution in [1.82, 2.24) is 14.6 Å². The van der Waals surface area contributed by atoms with Crippen molar-refractivity contribution in [1.29, 1.82) is 0 Å². The van der Waals surface area contributed by atoms with Gasteiger partial charge in [-0.2, -0.15) is 14.6 Å². The second-order valence-electron chi connectivity index (χ2n) is 6.37. The van der Waals surface area contributed by atoms with Crippen molar-refractivity contribution in [3.8, 4) is 5.75 Å². The van der Waals surface area contributed by atoms with E-state index in [4.69, 9.17) is 16.3 Å². The van der Waals surface area contributed by atoms with Crippen molar-refractivity contribution in [3.63, 3.8) is 0 Å². The van der Waals surface area contributed by atoms with Crippen molar-refractivity contribution in [3.05, 3.63) is 102 Å². The van der Waals surface area contributed by atoms with Crippen molar-refractivity contribution in [2.24, 2.45) is 0 Å². The summed E-state index contributed by atoms with van der Waals surface area (Å²) in [6.45, 7) is 0. The normalized spacial score (nSPS) is 12.1. The maximum Gasteiger partial charge on any atom is 0.296 e. The summed E-state index contributed by atoms with van der Waals surface area (Å²) in [5.74, 6) is 0.735. The van der Waals surface area contributed by atoms with Crippen LogP contribution in [0, 0.1) is 0 Å². The van der Waals surface area contributed by atoms with Crippen LogP contribution in [0.5, 0.6) is 5.75 Å². The number of halogens is 1. The fourth-order valence-electron chi connectivity index (χ4n) is 2.93. The summed E-state index contributed by atoms with van der Waals surface area (Å²) in [5, 5.41) is 4.78. The van der Waals surface area contributed by atoms with Gasteiger partial charge in [-0.3, -0.25) is 9.59 Å². The van der Waals surface area contributed by atoms with Gasteiger partial charge in [0, 0.05) is 17.0 Å². The predicted molar refractivity (Wildman–Crippen MR) is 119 cm³/mol. The number of aromatic nitrogens is 3. The number of rotatable bonds is 5. The molecule has 0 aliphatic rings. The van der Waals surface area contributed by atoms with Gasteiger partial charge in [0.25, 0.3) is 11.1 Å². The van der Waals surface area contributed by atoms with E-state index in [0.717, 1.165) is 28.2 Å². The number of fused-ring (bicyclic) bond motifs is 1. The molecule has 0 aliphatic heterocycles. The minimum Gasteiger partial charge on any atom is -0.496 e. The van der Waals surface area contributed by atoms with Crippen LogP contribution in [0.4, 0.5) is 0 Å². The van der Waals surface area contributed by atoms with Crippen LogP contribution in [0.15, 0.2) is 64.2 Å². The molecule has 2 heterocycles. The van der Waals surface area contributed by atoms with E-state index in [1.54, 1.807) is 25.3 Å². The lowest BCUT2D eigenvalue weighted by Gasteiger charge is -2.02. The van der Waals surface area contributed by atoms with Crippen LogP contribution >= 0.6 is 22.9 Å². The Hall–Kier alpha value is -3.29. The van der Waals surface area contributed by atoms with E-state index in [0.29, 0.717) is 9.55 Å². The Balaban J connectivity index is 1.71. The minimum atomic E-state index is -0.465. The monoisotopic (exact) mass is 437 g/mol. The van der Waals surface area contributed by atoms with Gasteiger partial charge in [-0.05, 0) is 23.8 Å². The van der Waals surface area contributed by atoms with Crippen LogP contribution in [0.25, 0.3) is 17.1 Å². The molecule has 0 aliphatic carbocycles. The lowest BCUT2D eigenvalue weighted by atomic mass is 10.1. The third kappa shape index (κ3) is 4.03. The molecule has 0 unspecified atom stereocenters. The number of ether oxygens (including phenoxy) is 1. The summed E-state index contributed by atoms with van der Waals surface area (Å²) in [7, 11) is 1.60. The molecular weight excluding hydrogens is 422 g/mol. The molecule has 0 radical (unpaired) electrons. The van der Waals surface area contributed by atoms with Gasteiger partial charge in [-0.25, -0.2) is 0 Å². The summed E-state index contributed by atoms with van der Waals surface area (Å²) in [6, 6.07) is 14.7. The van der Waals surface area contributed by atoms with Gasteiger partial charge in [0.1, 0.15) is 11.4 Å². The highest BCUT2D eigenvalue weighted by Gasteiger charge is 2.12. The summed E-state index contributed by atoms with van der Waals surface area (Å²) >= 11 is 7.29. The Morgan fingerprint density at radius 1 is 1.13 bits per heavy atom. The third-order valence-corrected chi connectivity index (χ3v) is 5.77. The molecule has 0 bridgehead atoms. The highest BCUT2D eigenvalue weighted by Crippen LogP contribution is 2.19. The predicted octanol–water partition coefficient (Wildman–Crippen LogP) is 2.98. The number of hydrogen-bond acceptors (Lipinski definition) is 6. The van der Waals surface area contributed by atoms with Gasteiger partial charge in [-0.1, -0.05) is 71.5 Å². The third-order valence-electron chi connectivity index (χ3n) is 4.43. The Bertz CT molecular complexity index is 1430. The molecule has 0 fully saturated rings. The molecule has 0 amide bonds. The van der Waals surface area contributed by atoms with E-state index < -0.39 is 5.56 Å². The number of hydrogen-bond donors (Lipinski definition) is 0. The molecule has 0 spiro atoms. The van der Waals surface area contributed by atoms with Gasteiger partial charge in [0.15, 0.2) is 0 Å². The Kier molecular flexibility index (Phi) is 5.74. The van der Waals surface area contributed by atoms with Crippen molar-refractivity contribution < 1.29 is 4.74 Å². The van der Waals surface area contributed by atoms with Gasteiger partial charge in [-0.15, -0.1) is 0 Å². The SMILES string of the molecule is COc1ccccc1C=CC=c1sc2nc(=O)c(Cc3ccccc3Cl)nn2c1=O. The van der Waals surface area contributed by atoms with E-state index >= 15 is 0 Å². The Labute approximate surface area is 180 Å². The Morgan fingerprint density at radius 3 is 2.70 bits per heavy atom. The van der Waals surface area contributed by atoms with Crippen molar-refractivity contribution in [2.45, 2.75) is 6.42 Å². The molecule has 6 nitrogen and oxygen atoms in total. The lowest BCUT2D eigenvalue weighted by Crippen LogP contribution is -2.27. The van der Waals surface area contributed by atoms with Crippen LogP contribution in [0.1, 0.15) is 16.8 Å². The molecule has 0 saturated heterocycles. The fourth-order valence-corrected chi connectivity index (χ4v) is 3.99. The molecular formula is C22H16ClN3O3S. The van der Waals surface area contributed by atoms with Crippen LogP contribution in [0.2, 0.25) is 5.02 Å². The smallest absolute Gasteiger partial charge is 0.296 e. The molecule has 4 aromatic rings. The molecule has 4 rings (SSSR count). The van der Waals surface area contributed by atoms with Gasteiger partial charge in [0.05, 0.1) is 11.6 Å². The largest absolute Gasteiger partial charge is 0.496 e. The molecule has 0 N–H and O–H groups in total. The molecule has 150 valence electrons. The van der Waals surface area contributed by atoms with E-state index in [2.05, 4.69) is 10.1 Å². The summed E-state index contributed by atoms with van der Waals surface area (Å²) < 4.78 is 6.90. The summed E-state index contributed by atoms with van der Waals surface area (Å²) in [6.07, 6.45) is 5.48. The first-order valence-corrected chi connectivity index (χ1v) is 10.2. The zero-order valence-electron chi connectivity index (χ0n) is 15.9. The van der Waals surface area contributed by atoms with E-state index in [1.807, 2.05) is 48.5 Å². The molecule has 8 heteroatoms. The number of allylic oxidation sites excluding steroid dienone is 1. The highest BCUT2D eigenvalue weighted by molar-refractivity contribution is 7.15. The maximum atomic E-state index is 12.7. The molecule has 0 saturated carbocycles. The number of para-hydroxylation sites is 1. The molecule has 30 heavy (non-hydrogen) atoms. The number of methoxy groups -OCH3 is 1. The van der Waals surface area contributed by atoms with Crippen LogP contribution in [0.3, 0.4) is 0 Å². The van der Waals surface area contributed by atoms with Crippen LogP contribution in [-0.2, 0) is 6.42 Å². The zero-order chi connectivity index (χ0) is 21.1. The van der Waals surface area contributed by atoms with Crippen molar-refractivity contribution in [2.75, 3.05) is 7.11 Å².